The number of ether oxygens (including phenoxy) is 2. The molecule has 18 heavy (non-hydrogen) atoms. The minimum atomic E-state index is 0.285. The number of likely N-dealkylation sites (N-methyl/N-ethyl adjacent to an activating group) is 1. The number of hydrogen-bond acceptors (Lipinski definition) is 3. The summed E-state index contributed by atoms with van der Waals surface area (Å²) >= 11 is 0. The van der Waals surface area contributed by atoms with Crippen molar-refractivity contribution in [3.05, 3.63) is 34.9 Å². The summed E-state index contributed by atoms with van der Waals surface area (Å²) in [6, 6.07) is 6.91. The summed E-state index contributed by atoms with van der Waals surface area (Å²) in [6.07, 6.45) is 1.07. The van der Waals surface area contributed by atoms with E-state index in [1.54, 1.807) is 0 Å². The van der Waals surface area contributed by atoms with Crippen LogP contribution in [-0.2, 0) is 22.7 Å². The van der Waals surface area contributed by atoms with Crippen molar-refractivity contribution in [2.75, 3.05) is 19.8 Å². The predicted octanol–water partition coefficient (Wildman–Crippen LogP) is 2.79. The molecule has 3 heteroatoms. The lowest BCUT2D eigenvalue weighted by Gasteiger charge is -2.19. The lowest BCUT2D eigenvalue weighted by atomic mass is 10.0. The second-order valence-electron chi connectivity index (χ2n) is 4.71. The Labute approximate surface area is 109 Å². The first-order valence-corrected chi connectivity index (χ1v) is 6.85. The molecule has 1 aliphatic heterocycles. The molecule has 0 aromatic heterocycles. The highest BCUT2D eigenvalue weighted by Crippen LogP contribution is 2.24. The fourth-order valence-corrected chi connectivity index (χ4v) is 2.27. The SMILES string of the molecule is CCCOCC(NCC)c1ccc2c(c1)COC2. The van der Waals surface area contributed by atoms with Gasteiger partial charge in [0.05, 0.1) is 25.9 Å². The maximum atomic E-state index is 5.68. The van der Waals surface area contributed by atoms with Gasteiger partial charge in [-0.15, -0.1) is 0 Å². The minimum Gasteiger partial charge on any atom is -0.379 e. The fourth-order valence-electron chi connectivity index (χ4n) is 2.27. The molecule has 0 saturated heterocycles. The molecule has 0 spiro atoms. The van der Waals surface area contributed by atoms with Crippen molar-refractivity contribution >= 4 is 0 Å². The summed E-state index contributed by atoms with van der Waals surface area (Å²) in [4.78, 5) is 0. The Hall–Kier alpha value is -0.900. The first kappa shape index (κ1) is 13.5. The van der Waals surface area contributed by atoms with Crippen LogP contribution in [0.1, 0.15) is 43.0 Å². The van der Waals surface area contributed by atoms with E-state index in [1.165, 1.54) is 16.7 Å². The zero-order valence-corrected chi connectivity index (χ0v) is 11.4. The van der Waals surface area contributed by atoms with Crippen molar-refractivity contribution in [3.8, 4) is 0 Å². The molecule has 3 nitrogen and oxygen atoms in total. The van der Waals surface area contributed by atoms with Crippen LogP contribution < -0.4 is 5.32 Å². The molecule has 1 aliphatic rings. The van der Waals surface area contributed by atoms with Gasteiger partial charge in [0.25, 0.3) is 0 Å². The summed E-state index contributed by atoms with van der Waals surface area (Å²) in [5.41, 5.74) is 3.95. The van der Waals surface area contributed by atoms with Crippen LogP contribution in [-0.4, -0.2) is 19.8 Å². The Morgan fingerprint density at radius 3 is 2.89 bits per heavy atom. The lowest BCUT2D eigenvalue weighted by Crippen LogP contribution is -2.25. The van der Waals surface area contributed by atoms with Crippen molar-refractivity contribution in [1.82, 2.24) is 5.32 Å². The van der Waals surface area contributed by atoms with Crippen molar-refractivity contribution in [2.45, 2.75) is 39.5 Å². The van der Waals surface area contributed by atoms with Crippen LogP contribution >= 0.6 is 0 Å². The maximum Gasteiger partial charge on any atom is 0.0725 e. The van der Waals surface area contributed by atoms with Gasteiger partial charge in [-0.3, -0.25) is 0 Å². The Bertz CT molecular complexity index is 379. The highest BCUT2D eigenvalue weighted by atomic mass is 16.5. The first-order chi connectivity index (χ1) is 8.85. The van der Waals surface area contributed by atoms with E-state index < -0.39 is 0 Å². The fraction of sp³-hybridized carbons (Fsp3) is 0.600. The van der Waals surface area contributed by atoms with Gasteiger partial charge in [-0.25, -0.2) is 0 Å². The third kappa shape index (κ3) is 3.31. The molecule has 0 saturated carbocycles. The van der Waals surface area contributed by atoms with Gasteiger partial charge in [-0.1, -0.05) is 32.0 Å². The summed E-state index contributed by atoms with van der Waals surface area (Å²) in [7, 11) is 0. The van der Waals surface area contributed by atoms with Gasteiger partial charge in [0.2, 0.25) is 0 Å². The zero-order chi connectivity index (χ0) is 12.8. The highest BCUT2D eigenvalue weighted by molar-refractivity contribution is 5.34. The maximum absolute atomic E-state index is 5.68. The molecule has 100 valence electrons. The average molecular weight is 249 g/mol. The minimum absolute atomic E-state index is 0.285. The van der Waals surface area contributed by atoms with Gasteiger partial charge < -0.3 is 14.8 Å². The summed E-state index contributed by atoms with van der Waals surface area (Å²) in [6.45, 7) is 8.29. The van der Waals surface area contributed by atoms with Gasteiger partial charge in [0.15, 0.2) is 0 Å². The molecule has 1 aromatic carbocycles. The molecule has 2 rings (SSSR count). The normalized spacial score (nSPS) is 15.7. The molecular formula is C15H23NO2. The Morgan fingerprint density at radius 1 is 1.28 bits per heavy atom. The third-order valence-corrected chi connectivity index (χ3v) is 3.23. The van der Waals surface area contributed by atoms with Crippen LogP contribution in [0, 0.1) is 0 Å². The van der Waals surface area contributed by atoms with E-state index >= 15 is 0 Å². The van der Waals surface area contributed by atoms with E-state index in [4.69, 9.17) is 9.47 Å². The van der Waals surface area contributed by atoms with Gasteiger partial charge in [-0.05, 0) is 29.7 Å². The second-order valence-corrected chi connectivity index (χ2v) is 4.71. The molecule has 0 aliphatic carbocycles. The molecular weight excluding hydrogens is 226 g/mol. The van der Waals surface area contributed by atoms with Crippen LogP contribution in [0.3, 0.4) is 0 Å². The van der Waals surface area contributed by atoms with Crippen molar-refractivity contribution in [3.63, 3.8) is 0 Å². The van der Waals surface area contributed by atoms with Crippen LogP contribution in [0.2, 0.25) is 0 Å². The molecule has 1 unspecified atom stereocenters. The topological polar surface area (TPSA) is 30.5 Å². The molecule has 0 amide bonds. The lowest BCUT2D eigenvalue weighted by molar-refractivity contribution is 0.112. The van der Waals surface area contributed by atoms with Crippen molar-refractivity contribution < 1.29 is 9.47 Å². The second kappa shape index (κ2) is 6.88. The van der Waals surface area contributed by atoms with Crippen molar-refractivity contribution in [2.24, 2.45) is 0 Å². The van der Waals surface area contributed by atoms with Crippen LogP contribution in [0.15, 0.2) is 18.2 Å². The number of nitrogens with one attached hydrogen (secondary N) is 1. The first-order valence-electron chi connectivity index (χ1n) is 6.85. The van der Waals surface area contributed by atoms with E-state index in [0.29, 0.717) is 0 Å². The molecule has 0 fully saturated rings. The van der Waals surface area contributed by atoms with Gasteiger partial charge in [0, 0.05) is 6.61 Å². The Morgan fingerprint density at radius 2 is 2.11 bits per heavy atom. The third-order valence-electron chi connectivity index (χ3n) is 3.23. The van der Waals surface area contributed by atoms with Gasteiger partial charge >= 0.3 is 0 Å². The molecule has 0 radical (unpaired) electrons. The van der Waals surface area contributed by atoms with Crippen LogP contribution in [0.25, 0.3) is 0 Å². The summed E-state index contributed by atoms with van der Waals surface area (Å²) in [5.74, 6) is 0. The predicted molar refractivity (Wildman–Crippen MR) is 72.5 cm³/mol. The smallest absolute Gasteiger partial charge is 0.0725 e. The summed E-state index contributed by atoms with van der Waals surface area (Å²) in [5, 5.41) is 3.48. The van der Waals surface area contributed by atoms with E-state index in [9.17, 15) is 0 Å². The van der Waals surface area contributed by atoms with Crippen molar-refractivity contribution in [1.29, 1.82) is 0 Å². The molecule has 1 heterocycles. The average Bonchev–Trinajstić information content (AvgIpc) is 2.85. The monoisotopic (exact) mass is 249 g/mol. The van der Waals surface area contributed by atoms with E-state index in [2.05, 4.69) is 37.4 Å². The van der Waals surface area contributed by atoms with Gasteiger partial charge in [0.1, 0.15) is 0 Å². The number of benzene rings is 1. The Kier molecular flexibility index (Phi) is 5.17. The molecule has 1 N–H and O–H groups in total. The largest absolute Gasteiger partial charge is 0.379 e. The van der Waals surface area contributed by atoms with E-state index in [-0.39, 0.29) is 6.04 Å². The quantitative estimate of drug-likeness (QED) is 0.754. The molecule has 1 aromatic rings. The molecule has 1 atom stereocenters. The van der Waals surface area contributed by atoms with E-state index in [1.807, 2.05) is 0 Å². The standard InChI is InChI=1S/C15H23NO2/c1-3-7-17-11-15(16-4-2)12-5-6-13-9-18-10-14(13)8-12/h5-6,8,15-16H,3-4,7,9-11H2,1-2H3. The summed E-state index contributed by atoms with van der Waals surface area (Å²) < 4.78 is 11.1. The van der Waals surface area contributed by atoms with Gasteiger partial charge in [-0.2, -0.15) is 0 Å². The van der Waals surface area contributed by atoms with Crippen LogP contribution in [0.4, 0.5) is 0 Å². The Balaban J connectivity index is 2.04. The zero-order valence-electron chi connectivity index (χ0n) is 11.4. The number of rotatable bonds is 7. The highest BCUT2D eigenvalue weighted by Gasteiger charge is 2.15. The van der Waals surface area contributed by atoms with Crippen LogP contribution in [0.5, 0.6) is 0 Å². The molecule has 0 bridgehead atoms. The van der Waals surface area contributed by atoms with E-state index in [0.717, 1.165) is 39.4 Å². The number of hydrogen-bond donors (Lipinski definition) is 1. The number of fused-ring (bicyclic) bond motifs is 1.